The highest BCUT2D eigenvalue weighted by Crippen LogP contribution is 2.37. The molecule has 0 bridgehead atoms. The molecule has 0 saturated heterocycles. The zero-order valence-corrected chi connectivity index (χ0v) is 14.0. The van der Waals surface area contributed by atoms with Gasteiger partial charge in [-0.3, -0.25) is 10.1 Å². The molecule has 1 aromatic heterocycles. The molecule has 2 aromatic rings. The third-order valence-corrected chi connectivity index (χ3v) is 5.69. The summed E-state index contributed by atoms with van der Waals surface area (Å²) in [5.41, 5.74) is 3.76. The largest absolute Gasteiger partial charge is 0.357 e. The van der Waals surface area contributed by atoms with Crippen LogP contribution >= 0.6 is 0 Å². The number of H-pyrrole nitrogens is 1. The smallest absolute Gasteiger partial charge is 0.270 e. The molecular weight excluding hydrogens is 302 g/mol. The average molecular weight is 327 g/mol. The topological polar surface area (TPSA) is 71.0 Å². The molecule has 2 N–H and O–H groups in total. The second-order valence-electron chi connectivity index (χ2n) is 7.30. The van der Waals surface area contributed by atoms with Gasteiger partial charge in [-0.25, -0.2) is 0 Å². The van der Waals surface area contributed by atoms with Gasteiger partial charge in [0.05, 0.1) is 4.92 Å². The van der Waals surface area contributed by atoms with Crippen molar-refractivity contribution in [1.82, 2.24) is 10.3 Å². The number of hydrogen-bond acceptors (Lipinski definition) is 3. The molecule has 24 heavy (non-hydrogen) atoms. The van der Waals surface area contributed by atoms with Gasteiger partial charge in [-0.05, 0) is 43.7 Å². The number of aromatic amines is 1. The van der Waals surface area contributed by atoms with Crippen molar-refractivity contribution >= 4 is 16.6 Å². The van der Waals surface area contributed by atoms with Gasteiger partial charge in [-0.15, -0.1) is 0 Å². The van der Waals surface area contributed by atoms with E-state index >= 15 is 0 Å². The molecule has 0 amide bonds. The monoisotopic (exact) mass is 327 g/mol. The van der Waals surface area contributed by atoms with Crippen LogP contribution in [0.2, 0.25) is 0 Å². The van der Waals surface area contributed by atoms with Crippen molar-refractivity contribution in [2.75, 3.05) is 0 Å². The lowest BCUT2D eigenvalue weighted by molar-refractivity contribution is -0.384. The lowest BCUT2D eigenvalue weighted by atomic mass is 9.90. The van der Waals surface area contributed by atoms with Crippen molar-refractivity contribution in [1.29, 1.82) is 0 Å². The molecule has 5 nitrogen and oxygen atoms in total. The maximum Gasteiger partial charge on any atom is 0.270 e. The molecule has 1 saturated carbocycles. The molecule has 128 valence electrons. The molecule has 4 rings (SSSR count). The van der Waals surface area contributed by atoms with Crippen LogP contribution in [0.1, 0.15) is 68.7 Å². The normalized spacial score (nSPS) is 22.2. The van der Waals surface area contributed by atoms with Gasteiger partial charge in [0.2, 0.25) is 0 Å². The Morgan fingerprint density at radius 1 is 1.08 bits per heavy atom. The van der Waals surface area contributed by atoms with E-state index in [0.717, 1.165) is 30.2 Å². The number of rotatable bonds is 3. The number of hydrogen-bond donors (Lipinski definition) is 2. The van der Waals surface area contributed by atoms with Crippen molar-refractivity contribution in [3.8, 4) is 0 Å². The molecule has 0 spiro atoms. The summed E-state index contributed by atoms with van der Waals surface area (Å²) in [4.78, 5) is 14.3. The molecule has 1 fully saturated rings. The van der Waals surface area contributed by atoms with Crippen LogP contribution in [0, 0.1) is 10.1 Å². The number of nitro benzene ring substituents is 1. The number of aromatic nitrogens is 1. The quantitative estimate of drug-likeness (QED) is 0.485. The first kappa shape index (κ1) is 15.6. The van der Waals surface area contributed by atoms with Crippen molar-refractivity contribution in [3.63, 3.8) is 0 Å². The second-order valence-corrected chi connectivity index (χ2v) is 7.30. The van der Waals surface area contributed by atoms with E-state index < -0.39 is 0 Å². The van der Waals surface area contributed by atoms with E-state index in [1.807, 2.05) is 6.07 Å². The van der Waals surface area contributed by atoms with Gasteiger partial charge in [0.25, 0.3) is 5.69 Å². The van der Waals surface area contributed by atoms with Gasteiger partial charge in [0, 0.05) is 40.8 Å². The van der Waals surface area contributed by atoms with Crippen LogP contribution in [0.4, 0.5) is 5.69 Å². The van der Waals surface area contributed by atoms with Gasteiger partial charge in [0.15, 0.2) is 0 Å². The van der Waals surface area contributed by atoms with Crippen LogP contribution in [0.5, 0.6) is 0 Å². The standard InChI is InChI=1S/C19H25N3O2/c23-22(24)14-10-11-17-16(12-14)15-8-5-9-18(19(15)21-17)20-13-6-3-1-2-4-7-13/h10-13,18,20-21H,1-9H2/t18-/m0/s1. The lowest BCUT2D eigenvalue weighted by Crippen LogP contribution is -2.34. The predicted molar refractivity (Wildman–Crippen MR) is 95.3 cm³/mol. The van der Waals surface area contributed by atoms with Gasteiger partial charge in [0.1, 0.15) is 0 Å². The summed E-state index contributed by atoms with van der Waals surface area (Å²) in [5.74, 6) is 0. The van der Waals surface area contributed by atoms with E-state index in [2.05, 4.69) is 10.3 Å². The first-order valence-electron chi connectivity index (χ1n) is 9.27. The number of nitrogens with one attached hydrogen (secondary N) is 2. The number of benzene rings is 1. The summed E-state index contributed by atoms with van der Waals surface area (Å²) >= 11 is 0. The Hall–Kier alpha value is -1.88. The van der Waals surface area contributed by atoms with E-state index in [9.17, 15) is 10.1 Å². The van der Waals surface area contributed by atoms with Crippen molar-refractivity contribution in [2.45, 2.75) is 69.9 Å². The first-order chi connectivity index (χ1) is 11.7. The van der Waals surface area contributed by atoms with E-state index in [1.54, 1.807) is 12.1 Å². The Balaban J connectivity index is 1.64. The molecule has 0 radical (unpaired) electrons. The zero-order valence-electron chi connectivity index (χ0n) is 14.0. The second kappa shape index (κ2) is 6.55. The minimum atomic E-state index is -0.303. The van der Waals surface area contributed by atoms with E-state index in [4.69, 9.17) is 0 Å². The number of non-ortho nitro benzene ring substituents is 1. The van der Waals surface area contributed by atoms with Crippen LogP contribution in [-0.2, 0) is 6.42 Å². The van der Waals surface area contributed by atoms with Crippen LogP contribution in [0.15, 0.2) is 18.2 Å². The Morgan fingerprint density at radius 2 is 1.88 bits per heavy atom. The van der Waals surface area contributed by atoms with Crippen molar-refractivity contribution < 1.29 is 4.92 Å². The Labute approximate surface area is 142 Å². The maximum atomic E-state index is 11.1. The third-order valence-electron chi connectivity index (χ3n) is 5.69. The van der Waals surface area contributed by atoms with Gasteiger partial charge in [-0.1, -0.05) is 25.7 Å². The Morgan fingerprint density at radius 3 is 2.62 bits per heavy atom. The van der Waals surface area contributed by atoms with E-state index in [1.165, 1.54) is 49.8 Å². The molecule has 0 aliphatic heterocycles. The Kier molecular flexibility index (Phi) is 4.27. The van der Waals surface area contributed by atoms with Crippen molar-refractivity contribution in [3.05, 3.63) is 39.6 Å². The number of nitrogens with zero attached hydrogens (tertiary/aromatic N) is 1. The molecule has 1 aromatic carbocycles. The summed E-state index contributed by atoms with van der Waals surface area (Å²) < 4.78 is 0. The van der Waals surface area contributed by atoms with Crippen molar-refractivity contribution in [2.24, 2.45) is 0 Å². The van der Waals surface area contributed by atoms with Gasteiger partial charge in [-0.2, -0.15) is 0 Å². The zero-order chi connectivity index (χ0) is 16.5. The van der Waals surface area contributed by atoms with Crippen LogP contribution in [0.3, 0.4) is 0 Å². The predicted octanol–water partition coefficient (Wildman–Crippen LogP) is 4.77. The summed E-state index contributed by atoms with van der Waals surface area (Å²) in [5, 5.41) is 16.0. The molecule has 1 atom stereocenters. The lowest BCUT2D eigenvalue weighted by Gasteiger charge is -2.28. The third kappa shape index (κ3) is 2.93. The summed E-state index contributed by atoms with van der Waals surface area (Å²) in [6.45, 7) is 0. The van der Waals surface area contributed by atoms with Gasteiger partial charge < -0.3 is 10.3 Å². The fourth-order valence-corrected chi connectivity index (χ4v) is 4.46. The highest BCUT2D eigenvalue weighted by atomic mass is 16.6. The summed E-state index contributed by atoms with van der Waals surface area (Å²) in [6.07, 6.45) is 11.3. The number of fused-ring (bicyclic) bond motifs is 3. The Bertz CT molecular complexity index is 744. The van der Waals surface area contributed by atoms with Gasteiger partial charge >= 0.3 is 0 Å². The molecule has 5 heteroatoms. The van der Waals surface area contributed by atoms with E-state index in [0.29, 0.717) is 12.1 Å². The van der Waals surface area contributed by atoms with E-state index in [-0.39, 0.29) is 10.6 Å². The van der Waals surface area contributed by atoms with Crippen LogP contribution in [0.25, 0.3) is 10.9 Å². The SMILES string of the molecule is O=[N+]([O-])c1ccc2[nH]c3c(c2c1)CCC[C@@H]3NC1CCCCCC1. The number of aryl methyl sites for hydroxylation is 1. The molecule has 2 aliphatic rings. The molecular formula is C19H25N3O2. The summed E-state index contributed by atoms with van der Waals surface area (Å²) in [6, 6.07) is 6.16. The highest BCUT2D eigenvalue weighted by molar-refractivity contribution is 5.87. The summed E-state index contributed by atoms with van der Waals surface area (Å²) in [7, 11) is 0. The average Bonchev–Trinajstić information content (AvgIpc) is 2.76. The molecule has 1 heterocycles. The number of nitro groups is 1. The molecule has 0 unspecified atom stereocenters. The van der Waals surface area contributed by atoms with Crippen LogP contribution < -0.4 is 5.32 Å². The fourth-order valence-electron chi connectivity index (χ4n) is 4.46. The van der Waals surface area contributed by atoms with Crippen LogP contribution in [-0.4, -0.2) is 15.9 Å². The highest BCUT2D eigenvalue weighted by Gasteiger charge is 2.27. The minimum Gasteiger partial charge on any atom is -0.357 e. The fraction of sp³-hybridized carbons (Fsp3) is 0.579. The minimum absolute atomic E-state index is 0.183. The molecule has 2 aliphatic carbocycles. The first-order valence-corrected chi connectivity index (χ1v) is 9.27. The maximum absolute atomic E-state index is 11.1.